The van der Waals surface area contributed by atoms with Crippen LogP contribution in [0, 0.1) is 0 Å². The number of rotatable bonds is 6. The first-order chi connectivity index (χ1) is 16.8. The summed E-state index contributed by atoms with van der Waals surface area (Å²) in [5.41, 5.74) is 8.04. The van der Waals surface area contributed by atoms with Gasteiger partial charge in [-0.05, 0) is 42.8 Å². The summed E-state index contributed by atoms with van der Waals surface area (Å²) in [4.78, 5) is 46.9. The van der Waals surface area contributed by atoms with E-state index in [9.17, 15) is 19.5 Å². The highest BCUT2D eigenvalue weighted by Gasteiger charge is 2.21. The Morgan fingerprint density at radius 2 is 1.89 bits per heavy atom. The van der Waals surface area contributed by atoms with E-state index in [1.165, 1.54) is 4.57 Å². The summed E-state index contributed by atoms with van der Waals surface area (Å²) in [7, 11) is 1.70. The normalized spacial score (nSPS) is 10.8. The first-order valence-electron chi connectivity index (χ1n) is 10.9. The lowest BCUT2D eigenvalue weighted by Crippen LogP contribution is -2.30. The number of carboxylic acids is 1. The lowest BCUT2D eigenvalue weighted by Gasteiger charge is -2.18. The molecule has 0 atom stereocenters. The van der Waals surface area contributed by atoms with Crippen molar-refractivity contribution in [3.8, 4) is 11.3 Å². The van der Waals surface area contributed by atoms with Gasteiger partial charge in [0, 0.05) is 43.8 Å². The van der Waals surface area contributed by atoms with E-state index in [0.29, 0.717) is 30.1 Å². The zero-order valence-corrected chi connectivity index (χ0v) is 19.2. The van der Waals surface area contributed by atoms with Crippen LogP contribution in [-0.4, -0.2) is 43.6 Å². The predicted octanol–water partition coefficient (Wildman–Crippen LogP) is 3.42. The summed E-state index contributed by atoms with van der Waals surface area (Å²) in [6.45, 7) is 2.56. The molecular weight excluding hydrogens is 448 g/mol. The van der Waals surface area contributed by atoms with Crippen molar-refractivity contribution in [3.63, 3.8) is 0 Å². The van der Waals surface area contributed by atoms with Crippen LogP contribution < -0.4 is 16.5 Å². The largest absolute Gasteiger partial charge is 0.477 e. The minimum absolute atomic E-state index is 0.129. The summed E-state index contributed by atoms with van der Waals surface area (Å²) in [6, 6.07) is 13.8. The fourth-order valence-corrected chi connectivity index (χ4v) is 3.80. The number of nitrogens with zero attached hydrogens (tertiary/aromatic N) is 4. The highest BCUT2D eigenvalue weighted by atomic mass is 16.4. The van der Waals surface area contributed by atoms with Gasteiger partial charge in [-0.1, -0.05) is 18.2 Å². The van der Waals surface area contributed by atoms with Gasteiger partial charge in [0.25, 0.3) is 0 Å². The van der Waals surface area contributed by atoms with E-state index >= 15 is 0 Å². The van der Waals surface area contributed by atoms with Crippen LogP contribution in [0.25, 0.3) is 22.3 Å². The van der Waals surface area contributed by atoms with Crippen LogP contribution >= 0.6 is 0 Å². The van der Waals surface area contributed by atoms with Crippen molar-refractivity contribution in [2.45, 2.75) is 20.0 Å². The molecule has 0 spiro atoms. The first kappa shape index (κ1) is 23.4. The smallest absolute Gasteiger partial charge is 0.343 e. The second-order valence-corrected chi connectivity index (χ2v) is 7.93. The molecule has 0 bridgehead atoms. The predicted molar refractivity (Wildman–Crippen MR) is 133 cm³/mol. The van der Waals surface area contributed by atoms with E-state index in [0.717, 1.165) is 11.1 Å². The standard InChI is InChI=1S/C25H24N6O4/c1-3-31-22(26)20(24(33)34)21(32)18-10-11-19(29-23(18)31)16-6-8-17(9-7-16)28-25(35)30(2)14-15-5-4-12-27-13-15/h4-13H,3,14,26H2,1-2H3,(H,28,35)(H,33,34). The number of benzene rings is 1. The molecule has 0 aliphatic carbocycles. The number of aromatic nitrogens is 3. The van der Waals surface area contributed by atoms with E-state index in [2.05, 4.69) is 15.3 Å². The van der Waals surface area contributed by atoms with Gasteiger partial charge in [0.15, 0.2) is 0 Å². The van der Waals surface area contributed by atoms with Gasteiger partial charge in [-0.15, -0.1) is 0 Å². The second-order valence-electron chi connectivity index (χ2n) is 7.93. The number of amides is 2. The summed E-state index contributed by atoms with van der Waals surface area (Å²) in [5, 5.41) is 12.4. The maximum Gasteiger partial charge on any atom is 0.343 e. The number of nitrogen functional groups attached to an aromatic ring is 1. The van der Waals surface area contributed by atoms with Gasteiger partial charge in [-0.3, -0.25) is 9.78 Å². The topological polar surface area (TPSA) is 143 Å². The number of fused-ring (bicyclic) bond motifs is 1. The number of anilines is 2. The summed E-state index contributed by atoms with van der Waals surface area (Å²) in [5.74, 6) is -1.50. The fourth-order valence-electron chi connectivity index (χ4n) is 3.80. The van der Waals surface area contributed by atoms with E-state index in [1.54, 1.807) is 67.7 Å². The van der Waals surface area contributed by atoms with Gasteiger partial charge < -0.3 is 25.6 Å². The molecule has 10 heteroatoms. The Morgan fingerprint density at radius 1 is 1.14 bits per heavy atom. The Morgan fingerprint density at radius 3 is 2.51 bits per heavy atom. The van der Waals surface area contributed by atoms with E-state index in [-0.39, 0.29) is 17.2 Å². The minimum Gasteiger partial charge on any atom is -0.477 e. The average Bonchev–Trinajstić information content (AvgIpc) is 2.85. The number of hydrogen-bond acceptors (Lipinski definition) is 6. The van der Waals surface area contributed by atoms with E-state index in [4.69, 9.17) is 5.73 Å². The molecule has 35 heavy (non-hydrogen) atoms. The number of hydrogen-bond donors (Lipinski definition) is 3. The molecule has 10 nitrogen and oxygen atoms in total. The van der Waals surface area contributed by atoms with Gasteiger partial charge in [-0.2, -0.15) is 0 Å². The molecule has 3 aromatic heterocycles. The van der Waals surface area contributed by atoms with Gasteiger partial charge in [-0.25, -0.2) is 14.6 Å². The molecule has 0 fully saturated rings. The molecule has 4 N–H and O–H groups in total. The number of aryl methyl sites for hydroxylation is 1. The Bertz CT molecular complexity index is 1470. The van der Waals surface area contributed by atoms with Gasteiger partial charge in [0.05, 0.1) is 11.1 Å². The van der Waals surface area contributed by atoms with Gasteiger partial charge in [0.1, 0.15) is 17.0 Å². The average molecular weight is 473 g/mol. The lowest BCUT2D eigenvalue weighted by atomic mass is 10.1. The number of urea groups is 1. The van der Waals surface area contributed by atoms with Crippen LogP contribution in [0.4, 0.5) is 16.3 Å². The number of carbonyl (C=O) groups is 2. The molecule has 0 radical (unpaired) electrons. The zero-order valence-electron chi connectivity index (χ0n) is 19.2. The quantitative estimate of drug-likeness (QED) is 0.390. The molecule has 0 saturated carbocycles. The van der Waals surface area contributed by atoms with Crippen LogP contribution in [0.2, 0.25) is 0 Å². The third-order valence-electron chi connectivity index (χ3n) is 5.60. The van der Waals surface area contributed by atoms with Crippen molar-refractivity contribution in [2.24, 2.45) is 0 Å². The van der Waals surface area contributed by atoms with E-state index < -0.39 is 17.0 Å². The third kappa shape index (κ3) is 4.67. The molecule has 0 unspecified atom stereocenters. The molecule has 4 rings (SSSR count). The Balaban J connectivity index is 1.58. The summed E-state index contributed by atoms with van der Waals surface area (Å²) in [6.07, 6.45) is 3.39. The molecule has 0 aliphatic heterocycles. The number of carbonyl (C=O) groups excluding carboxylic acids is 1. The maximum absolute atomic E-state index is 12.7. The van der Waals surface area contributed by atoms with Crippen LogP contribution in [0.15, 0.2) is 65.7 Å². The number of nitrogens with two attached hydrogens (primary N) is 1. The first-order valence-corrected chi connectivity index (χ1v) is 10.9. The van der Waals surface area contributed by atoms with Crippen molar-refractivity contribution in [1.82, 2.24) is 19.4 Å². The Labute approximate surface area is 200 Å². The number of pyridine rings is 3. The monoisotopic (exact) mass is 472 g/mol. The molecule has 0 aliphatic rings. The van der Waals surface area contributed by atoms with Crippen molar-refractivity contribution in [1.29, 1.82) is 0 Å². The van der Waals surface area contributed by atoms with Crippen LogP contribution in [-0.2, 0) is 13.1 Å². The molecule has 4 aromatic rings. The third-order valence-corrected chi connectivity index (χ3v) is 5.60. The zero-order chi connectivity index (χ0) is 25.1. The highest BCUT2D eigenvalue weighted by molar-refractivity contribution is 5.97. The summed E-state index contributed by atoms with van der Waals surface area (Å²) >= 11 is 0. The minimum atomic E-state index is -1.37. The molecular formula is C25H24N6O4. The van der Waals surface area contributed by atoms with Gasteiger partial charge in [0.2, 0.25) is 5.43 Å². The van der Waals surface area contributed by atoms with Crippen molar-refractivity contribution in [2.75, 3.05) is 18.1 Å². The second kappa shape index (κ2) is 9.64. The molecule has 3 heterocycles. The van der Waals surface area contributed by atoms with Crippen molar-refractivity contribution < 1.29 is 14.7 Å². The van der Waals surface area contributed by atoms with Crippen molar-refractivity contribution >= 4 is 34.5 Å². The van der Waals surface area contributed by atoms with Crippen molar-refractivity contribution in [3.05, 3.63) is 82.3 Å². The molecule has 178 valence electrons. The Kier molecular flexibility index (Phi) is 6.45. The SMILES string of the molecule is CCn1c(N)c(C(=O)O)c(=O)c2ccc(-c3ccc(NC(=O)N(C)Cc4cccnc4)cc3)nc21. The maximum atomic E-state index is 12.7. The lowest BCUT2D eigenvalue weighted by molar-refractivity contribution is 0.0696. The number of aromatic carboxylic acids is 1. The highest BCUT2D eigenvalue weighted by Crippen LogP contribution is 2.24. The molecule has 1 aromatic carbocycles. The van der Waals surface area contributed by atoms with Gasteiger partial charge >= 0.3 is 12.0 Å². The Hall–Kier alpha value is -4.73. The molecule has 0 saturated heterocycles. The number of nitrogens with one attached hydrogen (secondary N) is 1. The van der Waals surface area contributed by atoms with E-state index in [1.807, 2.05) is 12.1 Å². The molecule has 2 amide bonds. The fraction of sp³-hybridized carbons (Fsp3) is 0.160. The van der Waals surface area contributed by atoms with Crippen LogP contribution in [0.1, 0.15) is 22.8 Å². The number of carboxylic acid groups (broad SMARTS) is 1. The van der Waals surface area contributed by atoms with Crippen LogP contribution in [0.3, 0.4) is 0 Å². The van der Waals surface area contributed by atoms with Crippen LogP contribution in [0.5, 0.6) is 0 Å². The summed E-state index contributed by atoms with van der Waals surface area (Å²) < 4.78 is 1.51.